The molecule has 0 aliphatic heterocycles. The summed E-state index contributed by atoms with van der Waals surface area (Å²) in [4.78, 5) is 14.5. The minimum atomic E-state index is -0.291. The van der Waals surface area contributed by atoms with Crippen molar-refractivity contribution in [3.05, 3.63) is 54.1 Å². The lowest BCUT2D eigenvalue weighted by molar-refractivity contribution is -0.120. The van der Waals surface area contributed by atoms with Crippen molar-refractivity contribution in [2.75, 3.05) is 26.6 Å². The summed E-state index contributed by atoms with van der Waals surface area (Å²) in [7, 11) is 5.15. The number of ether oxygens (including phenoxy) is 2. The van der Waals surface area contributed by atoms with E-state index in [9.17, 15) is 4.79 Å². The number of para-hydroxylation sites is 2. The Morgan fingerprint density at radius 1 is 1.12 bits per heavy atom. The van der Waals surface area contributed by atoms with Crippen LogP contribution in [0.15, 0.2) is 48.5 Å². The zero-order valence-corrected chi connectivity index (χ0v) is 14.6. The highest BCUT2D eigenvalue weighted by molar-refractivity contribution is 5.95. The Bertz CT molecular complexity index is 688. The SMILES string of the molecule is COc1cccc(CN(C)[C@@H](C)C(=O)Nc2ccccc2OC)c1. The number of anilines is 1. The summed E-state index contributed by atoms with van der Waals surface area (Å²) in [6, 6.07) is 14.9. The van der Waals surface area contributed by atoms with Gasteiger partial charge >= 0.3 is 0 Å². The molecule has 5 heteroatoms. The van der Waals surface area contributed by atoms with Gasteiger partial charge in [-0.1, -0.05) is 24.3 Å². The largest absolute Gasteiger partial charge is 0.497 e. The second kappa shape index (κ2) is 8.36. The molecule has 2 rings (SSSR count). The van der Waals surface area contributed by atoms with Crippen molar-refractivity contribution in [3.8, 4) is 11.5 Å². The molecule has 24 heavy (non-hydrogen) atoms. The normalized spacial score (nSPS) is 11.9. The first-order chi connectivity index (χ1) is 11.5. The molecule has 1 atom stereocenters. The number of hydrogen-bond acceptors (Lipinski definition) is 4. The fraction of sp³-hybridized carbons (Fsp3) is 0.316. The van der Waals surface area contributed by atoms with Gasteiger partial charge in [-0.25, -0.2) is 0 Å². The van der Waals surface area contributed by atoms with Gasteiger partial charge < -0.3 is 14.8 Å². The van der Waals surface area contributed by atoms with E-state index in [1.807, 2.05) is 67.4 Å². The first kappa shape index (κ1) is 17.8. The van der Waals surface area contributed by atoms with E-state index in [0.717, 1.165) is 11.3 Å². The molecule has 1 N–H and O–H groups in total. The van der Waals surface area contributed by atoms with Gasteiger partial charge in [-0.15, -0.1) is 0 Å². The van der Waals surface area contributed by atoms with Gasteiger partial charge in [-0.05, 0) is 43.8 Å². The van der Waals surface area contributed by atoms with E-state index in [-0.39, 0.29) is 11.9 Å². The van der Waals surface area contributed by atoms with Crippen LogP contribution < -0.4 is 14.8 Å². The van der Waals surface area contributed by atoms with E-state index in [1.165, 1.54) is 0 Å². The summed E-state index contributed by atoms with van der Waals surface area (Å²) < 4.78 is 10.5. The summed E-state index contributed by atoms with van der Waals surface area (Å²) in [6.07, 6.45) is 0. The predicted molar refractivity (Wildman–Crippen MR) is 95.5 cm³/mol. The first-order valence-electron chi connectivity index (χ1n) is 7.82. The molecule has 0 fully saturated rings. The molecule has 0 heterocycles. The van der Waals surface area contributed by atoms with Gasteiger partial charge in [0.1, 0.15) is 11.5 Å². The molecule has 0 unspecified atom stereocenters. The van der Waals surface area contributed by atoms with Crippen LogP contribution in [0.4, 0.5) is 5.69 Å². The third kappa shape index (κ3) is 4.49. The Kier molecular flexibility index (Phi) is 6.21. The molecule has 0 saturated heterocycles. The van der Waals surface area contributed by atoms with E-state index >= 15 is 0 Å². The number of nitrogens with one attached hydrogen (secondary N) is 1. The Labute approximate surface area is 143 Å². The third-order valence-electron chi connectivity index (χ3n) is 3.97. The topological polar surface area (TPSA) is 50.8 Å². The van der Waals surface area contributed by atoms with Crippen LogP contribution in [0.25, 0.3) is 0 Å². The second-order valence-electron chi connectivity index (χ2n) is 5.63. The van der Waals surface area contributed by atoms with Crippen LogP contribution in [0.3, 0.4) is 0 Å². The number of nitrogens with zero attached hydrogens (tertiary/aromatic N) is 1. The smallest absolute Gasteiger partial charge is 0.241 e. The van der Waals surface area contributed by atoms with Crippen molar-refractivity contribution in [3.63, 3.8) is 0 Å². The van der Waals surface area contributed by atoms with Crippen molar-refractivity contribution in [1.82, 2.24) is 4.90 Å². The molecule has 2 aromatic rings. The van der Waals surface area contributed by atoms with Crippen LogP contribution in [0, 0.1) is 0 Å². The molecule has 5 nitrogen and oxygen atoms in total. The van der Waals surface area contributed by atoms with Crippen LogP contribution in [-0.4, -0.2) is 38.1 Å². The van der Waals surface area contributed by atoms with Gasteiger partial charge in [0.2, 0.25) is 5.91 Å². The minimum absolute atomic E-state index is 0.0788. The molecule has 0 radical (unpaired) electrons. The zero-order chi connectivity index (χ0) is 17.5. The zero-order valence-electron chi connectivity index (χ0n) is 14.6. The first-order valence-corrected chi connectivity index (χ1v) is 7.82. The molecular weight excluding hydrogens is 304 g/mol. The average molecular weight is 328 g/mol. The summed E-state index contributed by atoms with van der Waals surface area (Å²) >= 11 is 0. The summed E-state index contributed by atoms with van der Waals surface area (Å²) in [6.45, 7) is 2.53. The van der Waals surface area contributed by atoms with Gasteiger partial charge in [-0.2, -0.15) is 0 Å². The van der Waals surface area contributed by atoms with E-state index in [2.05, 4.69) is 5.32 Å². The lowest BCUT2D eigenvalue weighted by Crippen LogP contribution is -2.39. The lowest BCUT2D eigenvalue weighted by Gasteiger charge is -2.24. The van der Waals surface area contributed by atoms with Gasteiger partial charge in [0.15, 0.2) is 0 Å². The van der Waals surface area contributed by atoms with E-state index in [4.69, 9.17) is 9.47 Å². The van der Waals surface area contributed by atoms with Crippen LogP contribution in [0.2, 0.25) is 0 Å². The summed E-state index contributed by atoms with van der Waals surface area (Å²) in [5.74, 6) is 1.38. The highest BCUT2D eigenvalue weighted by Gasteiger charge is 2.19. The maximum absolute atomic E-state index is 12.5. The number of benzene rings is 2. The Balaban J connectivity index is 2.01. The average Bonchev–Trinajstić information content (AvgIpc) is 2.61. The molecule has 0 aliphatic carbocycles. The number of carbonyl (C=O) groups is 1. The number of amides is 1. The quantitative estimate of drug-likeness (QED) is 0.848. The number of likely N-dealkylation sites (N-methyl/N-ethyl adjacent to an activating group) is 1. The van der Waals surface area contributed by atoms with Crippen molar-refractivity contribution in [2.45, 2.75) is 19.5 Å². The van der Waals surface area contributed by atoms with Crippen LogP contribution in [0.5, 0.6) is 11.5 Å². The molecule has 2 aromatic carbocycles. The molecule has 1 amide bonds. The minimum Gasteiger partial charge on any atom is -0.497 e. The lowest BCUT2D eigenvalue weighted by atomic mass is 10.1. The fourth-order valence-electron chi connectivity index (χ4n) is 2.38. The standard InChI is InChI=1S/C19H24N2O3/c1-14(19(22)20-17-10-5-6-11-18(17)24-4)21(2)13-15-8-7-9-16(12-15)23-3/h5-12,14H,13H2,1-4H3,(H,20,22)/t14-/m0/s1. The van der Waals surface area contributed by atoms with Crippen molar-refractivity contribution >= 4 is 11.6 Å². The Morgan fingerprint density at radius 2 is 1.88 bits per heavy atom. The van der Waals surface area contributed by atoms with E-state index in [0.29, 0.717) is 18.0 Å². The maximum Gasteiger partial charge on any atom is 0.241 e. The predicted octanol–water partition coefficient (Wildman–Crippen LogP) is 3.16. The summed E-state index contributed by atoms with van der Waals surface area (Å²) in [5, 5.41) is 2.92. The Hall–Kier alpha value is -2.53. The maximum atomic E-state index is 12.5. The van der Waals surface area contributed by atoms with Gasteiger partial charge in [0.25, 0.3) is 0 Å². The van der Waals surface area contributed by atoms with Gasteiger partial charge in [0.05, 0.1) is 25.9 Å². The molecule has 0 aromatic heterocycles. The fourth-order valence-corrected chi connectivity index (χ4v) is 2.38. The van der Waals surface area contributed by atoms with Crippen LogP contribution in [-0.2, 0) is 11.3 Å². The highest BCUT2D eigenvalue weighted by atomic mass is 16.5. The number of methoxy groups -OCH3 is 2. The number of rotatable bonds is 7. The number of hydrogen-bond donors (Lipinski definition) is 1. The molecule has 0 aliphatic rings. The molecule has 128 valence electrons. The molecule has 0 spiro atoms. The highest BCUT2D eigenvalue weighted by Crippen LogP contribution is 2.23. The van der Waals surface area contributed by atoms with E-state index < -0.39 is 0 Å². The van der Waals surface area contributed by atoms with Gasteiger partial charge in [0, 0.05) is 6.54 Å². The second-order valence-corrected chi connectivity index (χ2v) is 5.63. The summed E-state index contributed by atoms with van der Waals surface area (Å²) in [5.41, 5.74) is 1.76. The molecule has 0 saturated carbocycles. The van der Waals surface area contributed by atoms with E-state index in [1.54, 1.807) is 14.2 Å². The van der Waals surface area contributed by atoms with Crippen LogP contribution in [0.1, 0.15) is 12.5 Å². The molecule has 0 bridgehead atoms. The number of carbonyl (C=O) groups excluding carboxylic acids is 1. The Morgan fingerprint density at radius 3 is 2.58 bits per heavy atom. The molecular formula is C19H24N2O3. The third-order valence-corrected chi connectivity index (χ3v) is 3.97. The van der Waals surface area contributed by atoms with Crippen molar-refractivity contribution < 1.29 is 14.3 Å². The van der Waals surface area contributed by atoms with Crippen molar-refractivity contribution in [1.29, 1.82) is 0 Å². The monoisotopic (exact) mass is 328 g/mol. The van der Waals surface area contributed by atoms with Gasteiger partial charge in [-0.3, -0.25) is 9.69 Å². The van der Waals surface area contributed by atoms with Crippen LogP contribution >= 0.6 is 0 Å². The van der Waals surface area contributed by atoms with Crippen molar-refractivity contribution in [2.24, 2.45) is 0 Å².